The van der Waals surface area contributed by atoms with Crippen LogP contribution in [0.3, 0.4) is 0 Å². The predicted molar refractivity (Wildman–Crippen MR) is 146 cm³/mol. The standard InChI is InChI=1S/C30H44N2O5/c1-6-8-9-10-16-28(35)37-21-26(30(3,4)5)31-29(36)23(13-7-2)18-27(34)32-19-24-15-12-11-14-22(24)17-25(32)20-33/h6-7,11-12,14-15,23,25-26,33H,1-2,8-10,13,16-21H2,3-5H3,(H,31,36). The minimum absolute atomic E-state index is 0.0104. The molecule has 0 bridgehead atoms. The van der Waals surface area contributed by atoms with Gasteiger partial charge in [-0.15, -0.1) is 13.2 Å². The zero-order chi connectivity index (χ0) is 27.4. The lowest BCUT2D eigenvalue weighted by molar-refractivity contribution is -0.146. The fourth-order valence-corrected chi connectivity index (χ4v) is 4.46. The Morgan fingerprint density at radius 3 is 2.49 bits per heavy atom. The Balaban J connectivity index is 2.03. The first-order valence-corrected chi connectivity index (χ1v) is 13.3. The lowest BCUT2D eigenvalue weighted by Crippen LogP contribution is -2.50. The molecule has 0 fully saturated rings. The first-order chi connectivity index (χ1) is 17.6. The zero-order valence-electron chi connectivity index (χ0n) is 22.7. The van der Waals surface area contributed by atoms with E-state index in [4.69, 9.17) is 4.74 Å². The summed E-state index contributed by atoms with van der Waals surface area (Å²) in [5.41, 5.74) is 1.83. The van der Waals surface area contributed by atoms with E-state index in [2.05, 4.69) is 18.5 Å². The van der Waals surface area contributed by atoms with E-state index in [1.165, 1.54) is 0 Å². The number of unbranched alkanes of at least 4 members (excludes halogenated alkanes) is 2. The number of fused-ring (bicyclic) bond motifs is 1. The maximum absolute atomic E-state index is 13.3. The molecule has 2 amide bonds. The number of aliphatic hydroxyl groups excluding tert-OH is 1. The molecule has 0 saturated carbocycles. The van der Waals surface area contributed by atoms with E-state index in [-0.39, 0.29) is 48.9 Å². The Hall–Kier alpha value is -2.93. The highest BCUT2D eigenvalue weighted by Crippen LogP contribution is 2.26. The van der Waals surface area contributed by atoms with Gasteiger partial charge in [0.05, 0.1) is 24.6 Å². The topological polar surface area (TPSA) is 95.9 Å². The molecule has 7 heteroatoms. The van der Waals surface area contributed by atoms with Gasteiger partial charge in [0.1, 0.15) is 6.61 Å². The van der Waals surface area contributed by atoms with E-state index in [0.29, 0.717) is 25.8 Å². The third-order valence-electron chi connectivity index (χ3n) is 6.94. The summed E-state index contributed by atoms with van der Waals surface area (Å²) < 4.78 is 5.49. The molecule has 0 aliphatic carbocycles. The second kappa shape index (κ2) is 14.7. The van der Waals surface area contributed by atoms with Crippen molar-refractivity contribution in [3.8, 4) is 0 Å². The first kappa shape index (κ1) is 30.3. The van der Waals surface area contributed by atoms with E-state index in [1.807, 2.05) is 51.1 Å². The smallest absolute Gasteiger partial charge is 0.305 e. The number of allylic oxidation sites excluding steroid dienone is 2. The Morgan fingerprint density at radius 2 is 1.86 bits per heavy atom. The van der Waals surface area contributed by atoms with Crippen LogP contribution in [0.25, 0.3) is 0 Å². The molecule has 204 valence electrons. The molecule has 1 aliphatic heterocycles. The van der Waals surface area contributed by atoms with Crippen LogP contribution in [0.4, 0.5) is 0 Å². The SMILES string of the molecule is C=CCCCCC(=O)OCC(NC(=O)C(CC=C)CC(=O)N1Cc2ccccc2CC1CO)C(C)(C)C. The molecule has 7 nitrogen and oxygen atoms in total. The summed E-state index contributed by atoms with van der Waals surface area (Å²) in [4.78, 5) is 40.5. The monoisotopic (exact) mass is 512 g/mol. The number of benzene rings is 1. The molecule has 1 aliphatic rings. The highest BCUT2D eigenvalue weighted by atomic mass is 16.5. The van der Waals surface area contributed by atoms with Gasteiger partial charge >= 0.3 is 5.97 Å². The lowest BCUT2D eigenvalue weighted by atomic mass is 9.86. The number of hydrogen-bond acceptors (Lipinski definition) is 5. The van der Waals surface area contributed by atoms with Crippen molar-refractivity contribution in [2.75, 3.05) is 13.2 Å². The molecule has 1 heterocycles. The lowest BCUT2D eigenvalue weighted by Gasteiger charge is -2.37. The zero-order valence-corrected chi connectivity index (χ0v) is 22.7. The summed E-state index contributed by atoms with van der Waals surface area (Å²) in [6.07, 6.45) is 7.21. The summed E-state index contributed by atoms with van der Waals surface area (Å²) in [7, 11) is 0. The van der Waals surface area contributed by atoms with Gasteiger partial charge in [0, 0.05) is 19.4 Å². The van der Waals surface area contributed by atoms with Crippen molar-refractivity contribution in [1.29, 1.82) is 0 Å². The van der Waals surface area contributed by atoms with E-state index in [9.17, 15) is 19.5 Å². The summed E-state index contributed by atoms with van der Waals surface area (Å²) in [5, 5.41) is 13.0. The van der Waals surface area contributed by atoms with Crippen LogP contribution >= 0.6 is 0 Å². The molecule has 1 aromatic rings. The number of ether oxygens (including phenoxy) is 1. The van der Waals surface area contributed by atoms with Gasteiger partial charge in [-0.1, -0.05) is 57.2 Å². The third kappa shape index (κ3) is 9.47. The van der Waals surface area contributed by atoms with Crippen LogP contribution < -0.4 is 5.32 Å². The van der Waals surface area contributed by atoms with Crippen molar-refractivity contribution >= 4 is 17.8 Å². The summed E-state index contributed by atoms with van der Waals surface area (Å²) in [6, 6.07) is 7.19. The molecule has 37 heavy (non-hydrogen) atoms. The Kier molecular flexibility index (Phi) is 12.1. The van der Waals surface area contributed by atoms with E-state index >= 15 is 0 Å². The second-order valence-corrected chi connectivity index (χ2v) is 10.9. The fourth-order valence-electron chi connectivity index (χ4n) is 4.46. The summed E-state index contributed by atoms with van der Waals surface area (Å²) in [6.45, 7) is 13.7. The van der Waals surface area contributed by atoms with Gasteiger partial charge in [0.25, 0.3) is 0 Å². The fraction of sp³-hybridized carbons (Fsp3) is 0.567. The normalized spacial score (nSPS) is 16.8. The molecule has 0 saturated heterocycles. The molecule has 0 spiro atoms. The summed E-state index contributed by atoms with van der Waals surface area (Å²) in [5.74, 6) is -1.34. The van der Waals surface area contributed by atoms with E-state index < -0.39 is 12.0 Å². The van der Waals surface area contributed by atoms with E-state index in [0.717, 1.165) is 30.4 Å². The van der Waals surface area contributed by atoms with Gasteiger partial charge in [-0.2, -0.15) is 0 Å². The number of nitrogens with zero attached hydrogens (tertiary/aromatic N) is 1. The van der Waals surface area contributed by atoms with Crippen LogP contribution in [0.2, 0.25) is 0 Å². The number of hydrogen-bond donors (Lipinski definition) is 2. The second-order valence-electron chi connectivity index (χ2n) is 10.9. The predicted octanol–water partition coefficient (Wildman–Crippen LogP) is 4.34. The average molecular weight is 513 g/mol. The highest BCUT2D eigenvalue weighted by Gasteiger charge is 2.34. The maximum atomic E-state index is 13.3. The molecule has 2 N–H and O–H groups in total. The van der Waals surface area contributed by atoms with Gasteiger partial charge in [-0.05, 0) is 48.6 Å². The maximum Gasteiger partial charge on any atom is 0.305 e. The van der Waals surface area contributed by atoms with Crippen LogP contribution in [-0.2, 0) is 32.1 Å². The van der Waals surface area contributed by atoms with Crippen LogP contribution in [0.15, 0.2) is 49.6 Å². The number of esters is 1. The number of rotatable bonds is 14. The van der Waals surface area contributed by atoms with Crippen molar-refractivity contribution < 1.29 is 24.2 Å². The number of carbonyl (C=O) groups is 3. The van der Waals surface area contributed by atoms with Gasteiger partial charge in [0.2, 0.25) is 11.8 Å². The molecule has 3 unspecified atom stereocenters. The summed E-state index contributed by atoms with van der Waals surface area (Å²) >= 11 is 0. The number of amides is 2. The molecular formula is C30H44N2O5. The van der Waals surface area contributed by atoms with Gasteiger partial charge in [-0.25, -0.2) is 0 Å². The van der Waals surface area contributed by atoms with Crippen LogP contribution in [0, 0.1) is 11.3 Å². The van der Waals surface area contributed by atoms with E-state index in [1.54, 1.807) is 11.0 Å². The minimum atomic E-state index is -0.610. The molecule has 3 atom stereocenters. The van der Waals surface area contributed by atoms with Crippen molar-refractivity contribution in [3.05, 3.63) is 60.7 Å². The average Bonchev–Trinajstić information content (AvgIpc) is 2.87. The third-order valence-corrected chi connectivity index (χ3v) is 6.94. The van der Waals surface area contributed by atoms with Gasteiger partial charge in [0.15, 0.2) is 0 Å². The van der Waals surface area contributed by atoms with Gasteiger partial charge in [-0.3, -0.25) is 14.4 Å². The first-order valence-electron chi connectivity index (χ1n) is 13.3. The minimum Gasteiger partial charge on any atom is -0.463 e. The largest absolute Gasteiger partial charge is 0.463 e. The molecule has 1 aromatic carbocycles. The molecular weight excluding hydrogens is 468 g/mol. The van der Waals surface area contributed by atoms with Gasteiger partial charge < -0.3 is 20.1 Å². The van der Waals surface area contributed by atoms with Crippen molar-refractivity contribution in [1.82, 2.24) is 10.2 Å². The molecule has 0 aromatic heterocycles. The Labute approximate surface area is 222 Å². The number of nitrogens with one attached hydrogen (secondary N) is 1. The Morgan fingerprint density at radius 1 is 1.16 bits per heavy atom. The number of aliphatic hydroxyl groups is 1. The van der Waals surface area contributed by atoms with Crippen molar-refractivity contribution in [2.24, 2.45) is 11.3 Å². The molecule has 0 radical (unpaired) electrons. The molecule has 2 rings (SSSR count). The van der Waals surface area contributed by atoms with Crippen LogP contribution in [0.1, 0.15) is 70.4 Å². The Bertz CT molecular complexity index is 936. The number of carbonyl (C=O) groups excluding carboxylic acids is 3. The van der Waals surface area contributed by atoms with Crippen molar-refractivity contribution in [2.45, 2.75) is 84.3 Å². The quantitative estimate of drug-likeness (QED) is 0.220. The van der Waals surface area contributed by atoms with Crippen molar-refractivity contribution in [3.63, 3.8) is 0 Å². The highest BCUT2D eigenvalue weighted by molar-refractivity contribution is 5.86. The van der Waals surface area contributed by atoms with Crippen LogP contribution in [0.5, 0.6) is 0 Å². The van der Waals surface area contributed by atoms with Crippen LogP contribution in [-0.4, -0.2) is 53.1 Å².